The number of hydrogen-bond donors (Lipinski definition) is 3. The molecule has 3 N–H and O–H groups in total. The van der Waals surface area contributed by atoms with Crippen LogP contribution in [0.4, 0.5) is 5.69 Å². The highest BCUT2D eigenvalue weighted by Crippen LogP contribution is 2.38. The second-order valence-electron chi connectivity index (χ2n) is 11.3. The fourth-order valence-electron chi connectivity index (χ4n) is 7.00. The van der Waals surface area contributed by atoms with E-state index in [4.69, 9.17) is 4.74 Å². The molecule has 3 saturated heterocycles. The Morgan fingerprint density at radius 3 is 2.75 bits per heavy atom. The Morgan fingerprint density at radius 1 is 1.14 bits per heavy atom. The van der Waals surface area contributed by atoms with Gasteiger partial charge in [-0.1, -0.05) is 12.8 Å². The van der Waals surface area contributed by atoms with Gasteiger partial charge in [-0.15, -0.1) is 0 Å². The minimum Gasteiger partial charge on any atom is -0.381 e. The van der Waals surface area contributed by atoms with Crippen LogP contribution in [-0.4, -0.2) is 65.3 Å². The van der Waals surface area contributed by atoms with Crippen LogP contribution in [0.2, 0.25) is 0 Å². The molecule has 6 rings (SSSR count). The largest absolute Gasteiger partial charge is 0.381 e. The number of anilines is 1. The van der Waals surface area contributed by atoms with Crippen molar-refractivity contribution in [1.82, 2.24) is 20.7 Å². The molecule has 5 atom stereocenters. The number of carbonyl (C=O) groups excluding carboxylic acids is 2. The number of hydrazine groups is 1. The van der Waals surface area contributed by atoms with E-state index in [2.05, 4.69) is 40.1 Å². The van der Waals surface area contributed by atoms with Crippen molar-refractivity contribution in [1.29, 1.82) is 5.26 Å². The third kappa shape index (κ3) is 3.96. The molecule has 0 bridgehead atoms. The highest BCUT2D eigenvalue weighted by Gasteiger charge is 2.51. The quantitative estimate of drug-likeness (QED) is 0.592. The van der Waals surface area contributed by atoms with E-state index in [9.17, 15) is 14.9 Å². The third-order valence-corrected chi connectivity index (χ3v) is 9.17. The van der Waals surface area contributed by atoms with Gasteiger partial charge in [-0.05, 0) is 62.8 Å². The van der Waals surface area contributed by atoms with Crippen LogP contribution in [0.5, 0.6) is 0 Å². The van der Waals surface area contributed by atoms with Crippen LogP contribution < -0.4 is 16.1 Å². The van der Waals surface area contributed by atoms with E-state index in [1.807, 2.05) is 17.0 Å². The molecule has 9 heteroatoms. The number of benzene rings is 1. The Kier molecular flexibility index (Phi) is 6.14. The lowest BCUT2D eigenvalue weighted by atomic mass is 9.83. The number of nitrogens with one attached hydrogen (secondary N) is 3. The lowest BCUT2D eigenvalue weighted by Gasteiger charge is -2.41. The molecule has 1 saturated carbocycles. The predicted molar refractivity (Wildman–Crippen MR) is 133 cm³/mol. The van der Waals surface area contributed by atoms with Crippen molar-refractivity contribution in [3.63, 3.8) is 0 Å². The predicted octanol–water partition coefficient (Wildman–Crippen LogP) is 2.36. The molecule has 1 aliphatic carbocycles. The molecule has 0 radical (unpaired) electrons. The summed E-state index contributed by atoms with van der Waals surface area (Å²) < 4.78 is 5.54. The third-order valence-electron chi connectivity index (χ3n) is 9.17. The molecular weight excluding hydrogens is 456 g/mol. The Balaban J connectivity index is 1.22. The molecule has 3 unspecified atom stereocenters. The standard InChI is InChI=1S/C27H36N6O3/c1-27(9-12-36-13-10-27)32-16-18-14-19(6-7-20(18)26(32)35)30-24-23-22(8-11-29-25(23)34)33(31-24)21-5-3-2-4-17(21)15-28/h6-7,14,17,21-24,30-31H,2-5,8-13,16H2,1H3,(H,29,34)/t17-,21+,22?,23?,24?/m1/s1. The van der Waals surface area contributed by atoms with Gasteiger partial charge in [0.15, 0.2) is 0 Å². The maximum atomic E-state index is 13.2. The van der Waals surface area contributed by atoms with Gasteiger partial charge in [-0.2, -0.15) is 5.26 Å². The van der Waals surface area contributed by atoms with Gasteiger partial charge in [0.05, 0.1) is 17.9 Å². The molecule has 5 aliphatic rings. The fourth-order valence-corrected chi connectivity index (χ4v) is 7.00. The summed E-state index contributed by atoms with van der Waals surface area (Å²) in [7, 11) is 0. The lowest BCUT2D eigenvalue weighted by Crippen LogP contribution is -2.54. The minimum atomic E-state index is -0.268. The summed E-state index contributed by atoms with van der Waals surface area (Å²) in [6.07, 6.45) is 6.40. The Hall–Kier alpha value is -2.67. The van der Waals surface area contributed by atoms with E-state index < -0.39 is 0 Å². The summed E-state index contributed by atoms with van der Waals surface area (Å²) in [5.41, 5.74) is 6.12. The van der Waals surface area contributed by atoms with Crippen molar-refractivity contribution in [3.05, 3.63) is 29.3 Å². The highest BCUT2D eigenvalue weighted by atomic mass is 16.5. The second kappa shape index (κ2) is 9.33. The Labute approximate surface area is 212 Å². The van der Waals surface area contributed by atoms with Gasteiger partial charge >= 0.3 is 0 Å². The molecule has 0 aromatic heterocycles. The van der Waals surface area contributed by atoms with Gasteiger partial charge in [-0.25, -0.2) is 10.4 Å². The zero-order chi connectivity index (χ0) is 24.9. The van der Waals surface area contributed by atoms with Crippen LogP contribution in [0.15, 0.2) is 18.2 Å². The van der Waals surface area contributed by atoms with Crippen LogP contribution in [0.3, 0.4) is 0 Å². The maximum Gasteiger partial charge on any atom is 0.254 e. The molecule has 4 fully saturated rings. The van der Waals surface area contributed by atoms with Crippen molar-refractivity contribution < 1.29 is 14.3 Å². The molecule has 4 heterocycles. The summed E-state index contributed by atoms with van der Waals surface area (Å²) >= 11 is 0. The van der Waals surface area contributed by atoms with Gasteiger partial charge in [0.1, 0.15) is 6.17 Å². The number of rotatable bonds is 4. The van der Waals surface area contributed by atoms with Gasteiger partial charge in [0.25, 0.3) is 5.91 Å². The lowest BCUT2D eigenvalue weighted by molar-refractivity contribution is -0.128. The summed E-state index contributed by atoms with van der Waals surface area (Å²) in [4.78, 5) is 28.2. The first-order chi connectivity index (χ1) is 17.5. The molecule has 0 spiro atoms. The van der Waals surface area contributed by atoms with Crippen LogP contribution in [0, 0.1) is 23.2 Å². The molecule has 36 heavy (non-hydrogen) atoms. The van der Waals surface area contributed by atoms with Gasteiger partial charge in [-0.3, -0.25) is 9.59 Å². The number of piperidine rings is 1. The van der Waals surface area contributed by atoms with Gasteiger partial charge in [0, 0.05) is 55.2 Å². The van der Waals surface area contributed by atoms with Crippen LogP contribution in [-0.2, 0) is 16.1 Å². The summed E-state index contributed by atoms with van der Waals surface area (Å²) in [6, 6.07) is 8.64. The number of amides is 2. The topological polar surface area (TPSA) is 110 Å². The molecular formula is C27H36N6O3. The normalized spacial score (nSPS) is 34.0. The minimum absolute atomic E-state index is 0.0146. The maximum absolute atomic E-state index is 13.2. The van der Waals surface area contributed by atoms with Crippen LogP contribution >= 0.6 is 0 Å². The second-order valence-corrected chi connectivity index (χ2v) is 11.3. The van der Waals surface area contributed by atoms with E-state index in [1.54, 1.807) is 0 Å². The Bertz CT molecular complexity index is 1080. The van der Waals surface area contributed by atoms with E-state index in [-0.39, 0.29) is 47.4 Å². The summed E-state index contributed by atoms with van der Waals surface area (Å²) in [5.74, 6) is -0.109. The molecule has 1 aromatic rings. The average Bonchev–Trinajstić information content (AvgIpc) is 3.43. The molecule has 1 aromatic carbocycles. The number of hydrogen-bond acceptors (Lipinski definition) is 7. The van der Waals surface area contributed by atoms with Crippen molar-refractivity contribution in [3.8, 4) is 6.07 Å². The first-order valence-electron chi connectivity index (χ1n) is 13.5. The van der Waals surface area contributed by atoms with Crippen molar-refractivity contribution >= 4 is 17.5 Å². The van der Waals surface area contributed by atoms with E-state index in [0.717, 1.165) is 61.8 Å². The monoisotopic (exact) mass is 492 g/mol. The van der Waals surface area contributed by atoms with Crippen LogP contribution in [0.25, 0.3) is 0 Å². The number of carbonyl (C=O) groups is 2. The number of fused-ring (bicyclic) bond motifs is 2. The highest BCUT2D eigenvalue weighted by molar-refractivity contribution is 5.99. The number of nitrogens with zero attached hydrogens (tertiary/aromatic N) is 3. The van der Waals surface area contributed by atoms with E-state index >= 15 is 0 Å². The smallest absolute Gasteiger partial charge is 0.254 e. The molecule has 9 nitrogen and oxygen atoms in total. The van der Waals surface area contributed by atoms with E-state index in [0.29, 0.717) is 26.3 Å². The SMILES string of the molecule is CC1(N2Cc3cc(NC4NN([C@H]5CCCC[C@@H]5C#N)C5CCNC(=O)C45)ccc3C2=O)CCOCC1. The van der Waals surface area contributed by atoms with Gasteiger partial charge < -0.3 is 20.3 Å². The number of ether oxygens (including phenoxy) is 1. The van der Waals surface area contributed by atoms with Gasteiger partial charge in [0.2, 0.25) is 5.91 Å². The zero-order valence-electron chi connectivity index (χ0n) is 21.0. The first kappa shape index (κ1) is 23.7. The zero-order valence-corrected chi connectivity index (χ0v) is 21.0. The summed E-state index contributed by atoms with van der Waals surface area (Å²) in [6.45, 7) is 4.80. The van der Waals surface area contributed by atoms with Crippen LogP contribution in [0.1, 0.15) is 67.8 Å². The van der Waals surface area contributed by atoms with E-state index in [1.165, 1.54) is 0 Å². The first-order valence-corrected chi connectivity index (χ1v) is 13.5. The average molecular weight is 493 g/mol. The van der Waals surface area contributed by atoms with Crippen molar-refractivity contribution in [2.24, 2.45) is 11.8 Å². The molecule has 2 amide bonds. The fraction of sp³-hybridized carbons (Fsp3) is 0.667. The molecule has 4 aliphatic heterocycles. The Morgan fingerprint density at radius 2 is 1.94 bits per heavy atom. The van der Waals surface area contributed by atoms with Crippen molar-refractivity contribution in [2.45, 2.75) is 82.2 Å². The summed E-state index contributed by atoms with van der Waals surface area (Å²) in [5, 5.41) is 18.6. The number of nitriles is 1. The molecule has 192 valence electrons. The van der Waals surface area contributed by atoms with Crippen molar-refractivity contribution in [2.75, 3.05) is 25.1 Å².